The lowest BCUT2D eigenvalue weighted by molar-refractivity contribution is -0.131. The molecule has 0 aromatic heterocycles. The van der Waals surface area contributed by atoms with E-state index in [1.165, 1.54) is 21.1 Å². The highest BCUT2D eigenvalue weighted by molar-refractivity contribution is 7.89. The third-order valence-electron chi connectivity index (χ3n) is 6.88. The van der Waals surface area contributed by atoms with Crippen molar-refractivity contribution in [1.29, 1.82) is 0 Å². The summed E-state index contributed by atoms with van der Waals surface area (Å²) in [6.07, 6.45) is 0. The van der Waals surface area contributed by atoms with Crippen LogP contribution in [-0.2, 0) is 21.4 Å². The van der Waals surface area contributed by atoms with E-state index in [0.717, 1.165) is 5.56 Å². The molecule has 0 spiro atoms. The topological polar surface area (TPSA) is 60.9 Å². The number of carbonyl (C=O) groups is 1. The van der Waals surface area contributed by atoms with Gasteiger partial charge in [0.25, 0.3) is 0 Å². The molecule has 0 aliphatic carbocycles. The highest BCUT2D eigenvalue weighted by Crippen LogP contribution is 2.27. The number of hydrogen-bond acceptors (Lipinski definition) is 4. The van der Waals surface area contributed by atoms with Gasteiger partial charge in [0.1, 0.15) is 0 Å². The first-order valence-corrected chi connectivity index (χ1v) is 14.4. The Morgan fingerprint density at radius 1 is 0.919 bits per heavy atom. The fraction of sp³-hybridized carbons (Fsp3) is 0.321. The number of sulfonamides is 1. The summed E-state index contributed by atoms with van der Waals surface area (Å²) in [5.74, 6) is -0.235. The number of hydrogen-bond donors (Lipinski definition) is 0. The highest BCUT2D eigenvalue weighted by atomic mass is 35.5. The summed E-state index contributed by atoms with van der Waals surface area (Å²) >= 11 is 12.4. The zero-order chi connectivity index (χ0) is 26.7. The van der Waals surface area contributed by atoms with Gasteiger partial charge in [-0.15, -0.1) is 0 Å². The molecule has 0 saturated carbocycles. The quantitative estimate of drug-likeness (QED) is 0.385. The van der Waals surface area contributed by atoms with Crippen LogP contribution in [0.15, 0.2) is 65.6 Å². The van der Waals surface area contributed by atoms with E-state index >= 15 is 0 Å². The predicted octanol–water partition coefficient (Wildman–Crippen LogP) is 5.46. The van der Waals surface area contributed by atoms with Crippen molar-refractivity contribution in [3.63, 3.8) is 0 Å². The van der Waals surface area contributed by atoms with E-state index in [-0.39, 0.29) is 23.9 Å². The van der Waals surface area contributed by atoms with Gasteiger partial charge in [-0.3, -0.25) is 4.79 Å². The molecule has 0 radical (unpaired) electrons. The molecule has 3 aromatic rings. The lowest BCUT2D eigenvalue weighted by atomic mass is 10.1. The predicted molar refractivity (Wildman–Crippen MR) is 150 cm³/mol. The molecule has 6 nitrogen and oxygen atoms in total. The minimum Gasteiger partial charge on any atom is -0.368 e. The largest absolute Gasteiger partial charge is 0.368 e. The van der Waals surface area contributed by atoms with Gasteiger partial charge >= 0.3 is 0 Å². The molecule has 1 heterocycles. The van der Waals surface area contributed by atoms with Crippen molar-refractivity contribution < 1.29 is 13.2 Å². The fourth-order valence-electron chi connectivity index (χ4n) is 4.45. The third-order valence-corrected chi connectivity index (χ3v) is 9.27. The van der Waals surface area contributed by atoms with E-state index in [0.29, 0.717) is 41.8 Å². The molecular weight excluding hydrogens is 529 g/mol. The van der Waals surface area contributed by atoms with Crippen molar-refractivity contribution in [1.82, 2.24) is 9.21 Å². The van der Waals surface area contributed by atoms with Gasteiger partial charge in [0, 0.05) is 48.5 Å². The zero-order valence-electron chi connectivity index (χ0n) is 21.2. The zero-order valence-corrected chi connectivity index (χ0v) is 23.6. The Kier molecular flexibility index (Phi) is 8.49. The number of halogens is 2. The Bertz CT molecular complexity index is 1390. The van der Waals surface area contributed by atoms with Crippen molar-refractivity contribution in [3.05, 3.63) is 93.0 Å². The molecule has 0 N–H and O–H groups in total. The van der Waals surface area contributed by atoms with Crippen molar-refractivity contribution >= 4 is 44.8 Å². The van der Waals surface area contributed by atoms with Gasteiger partial charge in [-0.2, -0.15) is 4.31 Å². The molecule has 9 heteroatoms. The average molecular weight is 561 g/mol. The summed E-state index contributed by atoms with van der Waals surface area (Å²) < 4.78 is 28.5. The number of benzene rings is 3. The van der Waals surface area contributed by atoms with Gasteiger partial charge < -0.3 is 9.80 Å². The molecule has 1 fully saturated rings. The molecule has 1 saturated heterocycles. The first kappa shape index (κ1) is 27.5. The monoisotopic (exact) mass is 559 g/mol. The molecule has 0 atom stereocenters. The summed E-state index contributed by atoms with van der Waals surface area (Å²) in [4.78, 5) is 17.5. The van der Waals surface area contributed by atoms with Crippen molar-refractivity contribution in [2.24, 2.45) is 0 Å². The molecule has 37 heavy (non-hydrogen) atoms. The van der Waals surface area contributed by atoms with Crippen LogP contribution in [0.2, 0.25) is 10.0 Å². The van der Waals surface area contributed by atoms with Crippen LogP contribution in [0.25, 0.3) is 0 Å². The van der Waals surface area contributed by atoms with Crippen LogP contribution in [0.1, 0.15) is 22.3 Å². The number of rotatable bonds is 7. The maximum atomic E-state index is 13.6. The van der Waals surface area contributed by atoms with E-state index in [4.69, 9.17) is 23.2 Å². The molecule has 0 unspecified atom stereocenters. The van der Waals surface area contributed by atoms with Gasteiger partial charge in [0.15, 0.2) is 0 Å². The van der Waals surface area contributed by atoms with E-state index < -0.39 is 10.0 Å². The summed E-state index contributed by atoms with van der Waals surface area (Å²) in [6, 6.07) is 17.8. The molecule has 3 aromatic carbocycles. The van der Waals surface area contributed by atoms with Crippen LogP contribution < -0.4 is 4.90 Å². The smallest absolute Gasteiger partial charge is 0.243 e. The van der Waals surface area contributed by atoms with E-state index in [2.05, 4.69) is 30.9 Å². The molecular formula is C28H31Cl2N3O3S. The van der Waals surface area contributed by atoms with Gasteiger partial charge in [-0.1, -0.05) is 59.1 Å². The summed E-state index contributed by atoms with van der Waals surface area (Å²) in [5, 5.41) is 0.811. The second-order valence-electron chi connectivity index (χ2n) is 9.41. The van der Waals surface area contributed by atoms with Crippen LogP contribution in [-0.4, -0.2) is 56.3 Å². The Hall–Kier alpha value is -2.58. The van der Waals surface area contributed by atoms with Crippen LogP contribution in [0, 0.1) is 20.8 Å². The number of amides is 1. The van der Waals surface area contributed by atoms with Gasteiger partial charge in [0.05, 0.1) is 11.4 Å². The first-order valence-electron chi connectivity index (χ1n) is 12.2. The van der Waals surface area contributed by atoms with Gasteiger partial charge in [0.2, 0.25) is 15.9 Å². The molecule has 196 valence electrons. The number of piperazine rings is 1. The summed E-state index contributed by atoms with van der Waals surface area (Å²) in [5.41, 5.74) is 5.16. The van der Waals surface area contributed by atoms with E-state index in [9.17, 15) is 13.2 Å². The van der Waals surface area contributed by atoms with Crippen molar-refractivity contribution in [2.75, 3.05) is 37.6 Å². The molecule has 0 bridgehead atoms. The van der Waals surface area contributed by atoms with Crippen molar-refractivity contribution in [3.8, 4) is 0 Å². The van der Waals surface area contributed by atoms with Crippen LogP contribution in [0.5, 0.6) is 0 Å². The first-order chi connectivity index (χ1) is 17.6. The number of nitrogens with zero attached hydrogens (tertiary/aromatic N) is 3. The van der Waals surface area contributed by atoms with E-state index in [1.54, 1.807) is 47.4 Å². The van der Waals surface area contributed by atoms with Crippen molar-refractivity contribution in [2.45, 2.75) is 32.2 Å². The Balaban J connectivity index is 1.53. The SMILES string of the molecule is Cc1ccc(S(=O)(=O)N(CC(=O)N2CCN(c3cccc(C)c3C)CC2)Cc2ccc(Cl)cc2Cl)cc1. The number of anilines is 1. The Morgan fingerprint density at radius 3 is 2.24 bits per heavy atom. The lowest BCUT2D eigenvalue weighted by Gasteiger charge is -2.37. The summed E-state index contributed by atoms with van der Waals surface area (Å²) in [6.45, 7) is 8.18. The summed E-state index contributed by atoms with van der Waals surface area (Å²) in [7, 11) is -3.96. The van der Waals surface area contributed by atoms with Crippen LogP contribution in [0.3, 0.4) is 0 Å². The van der Waals surface area contributed by atoms with Gasteiger partial charge in [-0.25, -0.2) is 8.42 Å². The third kappa shape index (κ3) is 6.29. The number of carbonyl (C=O) groups excluding carboxylic acids is 1. The second kappa shape index (κ2) is 11.4. The number of aryl methyl sites for hydroxylation is 2. The molecule has 1 aliphatic heterocycles. The molecule has 1 aliphatic rings. The lowest BCUT2D eigenvalue weighted by Crippen LogP contribution is -2.52. The Morgan fingerprint density at radius 2 is 1.59 bits per heavy atom. The normalized spacial score (nSPS) is 14.3. The second-order valence-corrected chi connectivity index (χ2v) is 12.2. The molecule has 1 amide bonds. The Labute approximate surface area is 229 Å². The van der Waals surface area contributed by atoms with Crippen LogP contribution in [0.4, 0.5) is 5.69 Å². The standard InChI is InChI=1S/C28H31Cl2N3O3S/c1-20-7-11-25(12-8-20)37(35,36)33(18-23-9-10-24(29)17-26(23)30)19-28(34)32-15-13-31(14-16-32)27-6-4-5-21(2)22(27)3/h4-12,17H,13-16,18-19H2,1-3H3. The van der Waals surface area contributed by atoms with Gasteiger partial charge in [-0.05, 0) is 67.8 Å². The van der Waals surface area contributed by atoms with Crippen LogP contribution >= 0.6 is 23.2 Å². The highest BCUT2D eigenvalue weighted by Gasteiger charge is 2.30. The van der Waals surface area contributed by atoms with E-state index in [1.807, 2.05) is 13.0 Å². The average Bonchev–Trinajstić information content (AvgIpc) is 2.87. The maximum Gasteiger partial charge on any atom is 0.243 e. The molecule has 4 rings (SSSR count). The maximum absolute atomic E-state index is 13.6. The minimum atomic E-state index is -3.96. The fourth-order valence-corrected chi connectivity index (χ4v) is 6.29. The minimum absolute atomic E-state index is 0.0413.